The number of nitrogens with two attached hydrogens (primary N) is 1. The van der Waals surface area contributed by atoms with Crippen LogP contribution in [0.1, 0.15) is 35.8 Å². The van der Waals surface area contributed by atoms with Crippen molar-refractivity contribution in [3.63, 3.8) is 0 Å². The van der Waals surface area contributed by atoms with E-state index >= 15 is 0 Å². The van der Waals surface area contributed by atoms with Crippen LogP contribution in [0.15, 0.2) is 47.7 Å². The van der Waals surface area contributed by atoms with E-state index in [-0.39, 0.29) is 24.1 Å². The maximum Gasteiger partial charge on any atom is 0.354 e. The Morgan fingerprint density at radius 1 is 1.12 bits per heavy atom. The van der Waals surface area contributed by atoms with Gasteiger partial charge in [-0.1, -0.05) is 0 Å². The summed E-state index contributed by atoms with van der Waals surface area (Å²) < 4.78 is 20.0. The van der Waals surface area contributed by atoms with Crippen LogP contribution in [-0.4, -0.2) is 59.2 Å². The summed E-state index contributed by atoms with van der Waals surface area (Å²) in [6.45, 7) is 0.970. The van der Waals surface area contributed by atoms with E-state index in [0.717, 1.165) is 0 Å². The highest BCUT2D eigenvalue weighted by Crippen LogP contribution is 2.28. The minimum Gasteiger partial charge on any atom is -0.464 e. The SMILES string of the molecule is COC(=O)c1cccn1C1CCN(C(=O)C2=NN(c3ccc(F)cc3)C(C(N)=O)C2)CC1. The zero-order valence-electron chi connectivity index (χ0n) is 17.6. The van der Waals surface area contributed by atoms with E-state index in [9.17, 15) is 18.8 Å². The van der Waals surface area contributed by atoms with E-state index in [2.05, 4.69) is 5.10 Å². The van der Waals surface area contributed by atoms with Crippen molar-refractivity contribution >= 4 is 29.2 Å². The fraction of sp³-hybridized carbons (Fsp3) is 0.364. The lowest BCUT2D eigenvalue weighted by Crippen LogP contribution is -2.43. The summed E-state index contributed by atoms with van der Waals surface area (Å²) in [6.07, 6.45) is 3.26. The number of hydrazone groups is 1. The van der Waals surface area contributed by atoms with Crippen LogP contribution in [0.25, 0.3) is 0 Å². The highest BCUT2D eigenvalue weighted by atomic mass is 19.1. The number of carbonyl (C=O) groups is 3. The summed E-state index contributed by atoms with van der Waals surface area (Å²) in [4.78, 5) is 38.7. The number of rotatable bonds is 5. The van der Waals surface area contributed by atoms with Crippen molar-refractivity contribution < 1.29 is 23.5 Å². The van der Waals surface area contributed by atoms with Gasteiger partial charge in [0.25, 0.3) is 5.91 Å². The summed E-state index contributed by atoms with van der Waals surface area (Å²) in [7, 11) is 1.35. The maximum atomic E-state index is 13.3. The molecule has 0 aliphatic carbocycles. The summed E-state index contributed by atoms with van der Waals surface area (Å²) in [6, 6.07) is 8.28. The van der Waals surface area contributed by atoms with Crippen molar-refractivity contribution in [3.8, 4) is 0 Å². The summed E-state index contributed by atoms with van der Waals surface area (Å²) in [5.74, 6) is -1.67. The zero-order valence-corrected chi connectivity index (χ0v) is 17.6. The van der Waals surface area contributed by atoms with Gasteiger partial charge >= 0.3 is 5.97 Å². The molecule has 2 N–H and O–H groups in total. The number of benzene rings is 1. The lowest BCUT2D eigenvalue weighted by molar-refractivity contribution is -0.125. The monoisotopic (exact) mass is 441 g/mol. The van der Waals surface area contributed by atoms with E-state index in [0.29, 0.717) is 37.3 Å². The van der Waals surface area contributed by atoms with E-state index in [1.165, 1.54) is 36.4 Å². The molecule has 9 nitrogen and oxygen atoms in total. The first-order chi connectivity index (χ1) is 15.4. The number of piperidine rings is 1. The largest absolute Gasteiger partial charge is 0.464 e. The number of halogens is 1. The van der Waals surface area contributed by atoms with Crippen LogP contribution in [-0.2, 0) is 14.3 Å². The van der Waals surface area contributed by atoms with Crippen molar-refractivity contribution in [2.75, 3.05) is 25.2 Å². The van der Waals surface area contributed by atoms with Gasteiger partial charge in [0, 0.05) is 31.7 Å². The number of carbonyl (C=O) groups excluding carboxylic acids is 3. The molecule has 10 heteroatoms. The molecule has 2 amide bonds. The van der Waals surface area contributed by atoms with E-state index in [1.54, 1.807) is 17.0 Å². The molecule has 2 aliphatic rings. The van der Waals surface area contributed by atoms with Gasteiger partial charge in [0.1, 0.15) is 23.3 Å². The first-order valence-electron chi connectivity index (χ1n) is 10.3. The number of anilines is 1. The molecule has 1 aromatic carbocycles. The molecule has 0 saturated carbocycles. The van der Waals surface area contributed by atoms with Gasteiger partial charge in [-0.2, -0.15) is 5.10 Å². The molecule has 4 rings (SSSR count). The maximum absolute atomic E-state index is 13.3. The fourth-order valence-corrected chi connectivity index (χ4v) is 4.21. The van der Waals surface area contributed by atoms with Crippen molar-refractivity contribution in [2.24, 2.45) is 10.8 Å². The number of hydrogen-bond donors (Lipinski definition) is 1. The Bertz CT molecular complexity index is 1060. The molecule has 1 saturated heterocycles. The molecule has 0 bridgehead atoms. The molecule has 2 aliphatic heterocycles. The van der Waals surface area contributed by atoms with Gasteiger partial charge in [0.2, 0.25) is 5.91 Å². The molecular weight excluding hydrogens is 417 g/mol. The Balaban J connectivity index is 1.45. The molecule has 1 aromatic heterocycles. The van der Waals surface area contributed by atoms with Crippen LogP contribution in [0.3, 0.4) is 0 Å². The topological polar surface area (TPSA) is 110 Å². The Labute approximate surface area is 184 Å². The van der Waals surface area contributed by atoms with Crippen molar-refractivity contribution in [2.45, 2.75) is 31.3 Å². The van der Waals surface area contributed by atoms with Gasteiger partial charge in [0.05, 0.1) is 12.8 Å². The average Bonchev–Trinajstić information content (AvgIpc) is 3.47. The van der Waals surface area contributed by atoms with Gasteiger partial charge in [-0.15, -0.1) is 0 Å². The number of amides is 2. The third-order valence-electron chi connectivity index (χ3n) is 5.90. The molecule has 32 heavy (non-hydrogen) atoms. The van der Waals surface area contributed by atoms with Crippen LogP contribution in [0.2, 0.25) is 0 Å². The van der Waals surface area contributed by atoms with E-state index in [1.807, 2.05) is 10.8 Å². The van der Waals surface area contributed by atoms with Gasteiger partial charge in [-0.3, -0.25) is 14.6 Å². The molecule has 168 valence electrons. The Morgan fingerprint density at radius 3 is 2.44 bits per heavy atom. The number of ether oxygens (including phenoxy) is 1. The first kappa shape index (κ1) is 21.5. The zero-order chi connectivity index (χ0) is 22.8. The second-order valence-electron chi connectivity index (χ2n) is 7.81. The van der Waals surface area contributed by atoms with Crippen LogP contribution in [0.4, 0.5) is 10.1 Å². The van der Waals surface area contributed by atoms with Crippen LogP contribution in [0.5, 0.6) is 0 Å². The van der Waals surface area contributed by atoms with Crippen molar-refractivity contribution in [1.82, 2.24) is 9.47 Å². The quantitative estimate of drug-likeness (QED) is 0.710. The summed E-state index contributed by atoms with van der Waals surface area (Å²) in [5, 5.41) is 5.73. The minimum absolute atomic E-state index is 0.0720. The molecule has 1 atom stereocenters. The average molecular weight is 441 g/mol. The van der Waals surface area contributed by atoms with Gasteiger partial charge < -0.3 is 19.9 Å². The van der Waals surface area contributed by atoms with Crippen LogP contribution < -0.4 is 10.7 Å². The van der Waals surface area contributed by atoms with Gasteiger partial charge in [0.15, 0.2) is 0 Å². The predicted octanol–water partition coefficient (Wildman–Crippen LogP) is 1.70. The molecule has 2 aromatic rings. The second kappa shape index (κ2) is 8.81. The van der Waals surface area contributed by atoms with Gasteiger partial charge in [-0.25, -0.2) is 9.18 Å². The van der Waals surface area contributed by atoms with Crippen molar-refractivity contribution in [1.29, 1.82) is 0 Å². The number of nitrogens with zero attached hydrogens (tertiary/aromatic N) is 4. The predicted molar refractivity (Wildman–Crippen MR) is 115 cm³/mol. The van der Waals surface area contributed by atoms with E-state index < -0.39 is 23.7 Å². The van der Waals surface area contributed by atoms with E-state index in [4.69, 9.17) is 10.5 Å². The molecule has 0 radical (unpaired) electrons. The number of methoxy groups -OCH3 is 1. The van der Waals surface area contributed by atoms with Gasteiger partial charge in [-0.05, 0) is 49.2 Å². The smallest absolute Gasteiger partial charge is 0.354 e. The number of aromatic nitrogens is 1. The standard InChI is InChI=1S/C22H24FN5O4/c1-32-22(31)18-3-2-10-27(18)15-8-11-26(12-9-15)21(30)17-13-19(20(24)29)28(25-17)16-6-4-14(23)5-7-16/h2-7,10,15,19H,8-9,11-13H2,1H3,(H2,24,29). The fourth-order valence-electron chi connectivity index (χ4n) is 4.21. The molecule has 1 unspecified atom stereocenters. The molecule has 3 heterocycles. The highest BCUT2D eigenvalue weighted by molar-refractivity contribution is 6.40. The summed E-state index contributed by atoms with van der Waals surface area (Å²) in [5.41, 5.74) is 6.74. The molecule has 0 spiro atoms. The lowest BCUT2D eigenvalue weighted by Gasteiger charge is -2.33. The minimum atomic E-state index is -0.806. The van der Waals surface area contributed by atoms with Crippen molar-refractivity contribution in [3.05, 3.63) is 54.1 Å². The summed E-state index contributed by atoms with van der Waals surface area (Å²) >= 11 is 0. The molecule has 1 fully saturated rings. The third-order valence-corrected chi connectivity index (χ3v) is 5.90. The Hall–Kier alpha value is -3.69. The number of esters is 1. The van der Waals surface area contributed by atoms with Crippen LogP contribution in [0, 0.1) is 5.82 Å². The number of hydrogen-bond acceptors (Lipinski definition) is 6. The number of primary amides is 1. The normalized spacial score (nSPS) is 19.1. The Morgan fingerprint density at radius 2 is 1.81 bits per heavy atom. The third kappa shape index (κ3) is 4.08. The molecular formula is C22H24FN5O4. The highest BCUT2D eigenvalue weighted by Gasteiger charge is 2.37. The van der Waals surface area contributed by atoms with Crippen LogP contribution >= 0.6 is 0 Å². The Kier molecular flexibility index (Phi) is 5.93. The first-order valence-corrected chi connectivity index (χ1v) is 10.3. The second-order valence-corrected chi connectivity index (χ2v) is 7.81. The lowest BCUT2D eigenvalue weighted by atomic mass is 10.0. The number of likely N-dealkylation sites (tertiary alicyclic amines) is 1.